The number of nitrogens with two attached hydrogens (primary N) is 1. The molecule has 1 aromatic heterocycles. The zero-order chi connectivity index (χ0) is 24.3. The van der Waals surface area contributed by atoms with E-state index in [-0.39, 0.29) is 9.36 Å². The molecule has 11 heteroatoms. The number of benzene rings is 3. The van der Waals surface area contributed by atoms with Crippen molar-refractivity contribution >= 4 is 56.7 Å². The van der Waals surface area contributed by atoms with Crippen LogP contribution in [-0.4, -0.2) is 25.7 Å². The number of carbonyl (C=O) groups excluding carboxylic acids is 2. The lowest BCUT2D eigenvalue weighted by Crippen LogP contribution is -2.13. The van der Waals surface area contributed by atoms with Crippen LogP contribution in [0.25, 0.3) is 22.4 Å². The van der Waals surface area contributed by atoms with Crippen molar-refractivity contribution in [2.75, 3.05) is 10.6 Å². The Hall–Kier alpha value is -3.57. The Kier molecular flexibility index (Phi) is 6.75. The number of thiazole rings is 1. The zero-order valence-electron chi connectivity index (χ0n) is 17.4. The van der Waals surface area contributed by atoms with Gasteiger partial charge in [-0.3, -0.25) is 9.59 Å². The lowest BCUT2D eigenvalue weighted by Gasteiger charge is -2.10. The number of anilines is 2. The van der Waals surface area contributed by atoms with E-state index < -0.39 is 15.9 Å². The van der Waals surface area contributed by atoms with Gasteiger partial charge in [-0.2, -0.15) is 0 Å². The quantitative estimate of drug-likeness (QED) is 0.311. The number of aromatic nitrogens is 1. The Morgan fingerprint density at radius 2 is 1.71 bits per heavy atom. The van der Waals surface area contributed by atoms with Crippen LogP contribution in [0, 0.1) is 0 Å². The van der Waals surface area contributed by atoms with Gasteiger partial charge in [0.05, 0.1) is 10.6 Å². The smallest absolute Gasteiger partial charge is 0.268 e. The third-order valence-electron chi connectivity index (χ3n) is 4.82. The van der Waals surface area contributed by atoms with E-state index >= 15 is 0 Å². The second-order valence-electron chi connectivity index (χ2n) is 7.06. The molecule has 4 rings (SSSR count). The lowest BCUT2D eigenvalue weighted by atomic mass is 10.1. The first-order valence-electron chi connectivity index (χ1n) is 9.77. The van der Waals surface area contributed by atoms with Gasteiger partial charge in [0.15, 0.2) is 4.47 Å². The molecule has 8 nitrogen and oxygen atoms in total. The molecule has 4 aromatic rings. The minimum Gasteiger partial charge on any atom is -0.329 e. The molecular weight excluding hydrogens is 496 g/mol. The number of hydrogen-bond donors (Lipinski definition) is 3. The number of halogens is 1. The maximum Gasteiger partial charge on any atom is 0.268 e. The number of hydrogen-bond acceptors (Lipinski definition) is 6. The van der Waals surface area contributed by atoms with Crippen molar-refractivity contribution in [3.63, 3.8) is 0 Å². The highest BCUT2D eigenvalue weighted by molar-refractivity contribution is 7.89. The normalized spacial score (nSPS) is 11.1. The number of rotatable bonds is 7. The third kappa shape index (κ3) is 5.15. The van der Waals surface area contributed by atoms with Crippen molar-refractivity contribution in [3.05, 3.63) is 82.1 Å². The predicted molar refractivity (Wildman–Crippen MR) is 133 cm³/mol. The van der Waals surface area contributed by atoms with Crippen LogP contribution in [0.1, 0.15) is 9.67 Å². The monoisotopic (exact) mass is 512 g/mol. The molecule has 4 N–H and O–H groups in total. The molecule has 1 heterocycles. The second-order valence-corrected chi connectivity index (χ2v) is 10.2. The van der Waals surface area contributed by atoms with Gasteiger partial charge < -0.3 is 10.6 Å². The number of nitrogens with zero attached hydrogens (tertiary/aromatic N) is 1. The van der Waals surface area contributed by atoms with E-state index in [1.165, 1.54) is 6.07 Å². The maximum atomic E-state index is 13.0. The van der Waals surface area contributed by atoms with Gasteiger partial charge >= 0.3 is 0 Å². The highest BCUT2D eigenvalue weighted by atomic mass is 35.5. The van der Waals surface area contributed by atoms with Gasteiger partial charge in [0.2, 0.25) is 16.4 Å². The maximum absolute atomic E-state index is 13.0. The van der Waals surface area contributed by atoms with Crippen LogP contribution in [0.4, 0.5) is 11.4 Å². The van der Waals surface area contributed by atoms with Gasteiger partial charge in [0, 0.05) is 22.5 Å². The lowest BCUT2D eigenvalue weighted by molar-refractivity contribution is -0.105. The van der Waals surface area contributed by atoms with E-state index in [1.807, 2.05) is 0 Å². The van der Waals surface area contributed by atoms with Gasteiger partial charge in [-0.1, -0.05) is 65.4 Å². The molecule has 0 aliphatic heterocycles. The first-order valence-corrected chi connectivity index (χ1v) is 12.5. The van der Waals surface area contributed by atoms with Crippen LogP contribution in [0.2, 0.25) is 4.47 Å². The van der Waals surface area contributed by atoms with Crippen LogP contribution in [0.3, 0.4) is 0 Å². The van der Waals surface area contributed by atoms with E-state index in [1.54, 1.807) is 66.7 Å². The van der Waals surface area contributed by atoms with E-state index in [2.05, 4.69) is 15.6 Å². The Bertz CT molecular complexity index is 1490. The summed E-state index contributed by atoms with van der Waals surface area (Å²) < 4.78 is 24.0. The van der Waals surface area contributed by atoms with Gasteiger partial charge in [-0.05, 0) is 35.9 Å². The fourth-order valence-electron chi connectivity index (χ4n) is 3.34. The Morgan fingerprint density at radius 3 is 2.41 bits per heavy atom. The Balaban J connectivity index is 1.60. The van der Waals surface area contributed by atoms with Crippen molar-refractivity contribution in [2.24, 2.45) is 5.14 Å². The number of primary sulfonamides is 1. The standard InChI is InChI=1S/C23H17ClN4O4S2/c24-23-28-20(15-4-3-5-17(12-15)26-13-29)21(33-23)22(30)27-16-10-8-14(9-11-16)18-6-1-2-7-19(18)34(25,31)32/h1-13H,(H,26,29)(H,27,30)(H2,25,31,32). The molecular formula is C23H17ClN4O4S2. The summed E-state index contributed by atoms with van der Waals surface area (Å²) in [7, 11) is -3.89. The van der Waals surface area contributed by atoms with Crippen molar-refractivity contribution in [1.29, 1.82) is 0 Å². The summed E-state index contributed by atoms with van der Waals surface area (Å²) in [5.41, 5.74) is 3.15. The van der Waals surface area contributed by atoms with Gasteiger partial charge in [-0.25, -0.2) is 18.5 Å². The number of nitrogens with one attached hydrogen (secondary N) is 2. The highest BCUT2D eigenvalue weighted by Crippen LogP contribution is 2.33. The molecule has 3 aromatic carbocycles. The summed E-state index contributed by atoms with van der Waals surface area (Å²) in [5, 5.41) is 10.7. The first kappa shape index (κ1) is 23.6. The molecule has 0 aliphatic rings. The molecule has 0 saturated heterocycles. The third-order valence-corrected chi connectivity index (χ3v) is 6.94. The number of amides is 2. The van der Waals surface area contributed by atoms with E-state index in [4.69, 9.17) is 16.7 Å². The summed E-state index contributed by atoms with van der Waals surface area (Å²) in [6, 6.07) is 20.0. The summed E-state index contributed by atoms with van der Waals surface area (Å²) >= 11 is 7.13. The van der Waals surface area contributed by atoms with Gasteiger partial charge in [0.25, 0.3) is 5.91 Å². The van der Waals surface area contributed by atoms with Crippen LogP contribution < -0.4 is 15.8 Å². The molecule has 0 fully saturated rings. The number of carbonyl (C=O) groups is 2. The van der Waals surface area contributed by atoms with E-state index in [9.17, 15) is 18.0 Å². The predicted octanol–water partition coefficient (Wildman–Crippen LogP) is 4.60. The SMILES string of the molecule is NS(=O)(=O)c1ccccc1-c1ccc(NC(=O)c2sc(Cl)nc2-c2cccc(NC=O)c2)cc1. The fraction of sp³-hybridized carbons (Fsp3) is 0. The van der Waals surface area contributed by atoms with Crippen LogP contribution in [0.5, 0.6) is 0 Å². The average Bonchev–Trinajstić information content (AvgIpc) is 3.21. The summed E-state index contributed by atoms with van der Waals surface area (Å²) in [6.07, 6.45) is 0.561. The molecule has 172 valence electrons. The summed E-state index contributed by atoms with van der Waals surface area (Å²) in [5.74, 6) is -0.411. The van der Waals surface area contributed by atoms with Crippen molar-refractivity contribution in [1.82, 2.24) is 4.98 Å². The second kappa shape index (κ2) is 9.74. The van der Waals surface area contributed by atoms with Crippen molar-refractivity contribution in [3.8, 4) is 22.4 Å². The molecule has 0 bridgehead atoms. The number of sulfonamides is 1. The van der Waals surface area contributed by atoms with E-state index in [0.717, 1.165) is 11.3 Å². The minimum atomic E-state index is -3.89. The molecule has 0 unspecified atom stereocenters. The van der Waals surface area contributed by atoms with E-state index in [0.29, 0.717) is 45.0 Å². The van der Waals surface area contributed by atoms with Crippen molar-refractivity contribution in [2.45, 2.75) is 4.90 Å². The molecule has 2 amide bonds. The summed E-state index contributed by atoms with van der Waals surface area (Å²) in [4.78, 5) is 28.3. The topological polar surface area (TPSA) is 131 Å². The van der Waals surface area contributed by atoms with Crippen LogP contribution >= 0.6 is 22.9 Å². The van der Waals surface area contributed by atoms with Crippen LogP contribution in [-0.2, 0) is 14.8 Å². The largest absolute Gasteiger partial charge is 0.329 e. The minimum absolute atomic E-state index is 0.0158. The fourth-order valence-corrected chi connectivity index (χ4v) is 5.13. The zero-order valence-corrected chi connectivity index (χ0v) is 19.7. The Morgan fingerprint density at radius 1 is 0.971 bits per heavy atom. The average molecular weight is 513 g/mol. The first-order chi connectivity index (χ1) is 16.3. The molecule has 34 heavy (non-hydrogen) atoms. The van der Waals surface area contributed by atoms with Crippen molar-refractivity contribution < 1.29 is 18.0 Å². The molecule has 0 saturated carbocycles. The Labute approximate surface area is 204 Å². The molecule has 0 atom stereocenters. The van der Waals surface area contributed by atoms with Gasteiger partial charge in [0.1, 0.15) is 4.88 Å². The molecule has 0 spiro atoms. The van der Waals surface area contributed by atoms with Crippen LogP contribution in [0.15, 0.2) is 77.7 Å². The summed E-state index contributed by atoms with van der Waals surface area (Å²) in [6.45, 7) is 0. The van der Waals surface area contributed by atoms with Gasteiger partial charge in [-0.15, -0.1) is 0 Å². The highest BCUT2D eigenvalue weighted by Gasteiger charge is 2.20. The molecule has 0 radical (unpaired) electrons. The molecule has 0 aliphatic carbocycles.